The van der Waals surface area contributed by atoms with Crippen molar-refractivity contribution >= 4 is 23.2 Å². The van der Waals surface area contributed by atoms with E-state index >= 15 is 0 Å². The second-order valence-corrected chi connectivity index (χ2v) is 6.49. The number of aliphatic hydroxyl groups excluding tert-OH is 5. The minimum absolute atomic E-state index is 0.295. The van der Waals surface area contributed by atoms with Crippen LogP contribution in [-0.4, -0.2) is 98.6 Å². The Kier molecular flexibility index (Phi) is 7.10. The summed E-state index contributed by atoms with van der Waals surface area (Å²) in [4.78, 5) is 2.54. The number of aliphatic hydroxyl groups is 5. The largest absolute Gasteiger partial charge is 0.394 e. The summed E-state index contributed by atoms with van der Waals surface area (Å²) in [5, 5.41) is 51.7. The van der Waals surface area contributed by atoms with Gasteiger partial charge in [0.15, 0.2) is 6.29 Å². The van der Waals surface area contributed by atoms with Crippen molar-refractivity contribution in [3.05, 3.63) is 10.4 Å². The normalized spacial score (nSPS) is 47.5. The second-order valence-electron chi connectivity index (χ2n) is 5.72. The Balaban J connectivity index is 2.18. The summed E-state index contributed by atoms with van der Waals surface area (Å²) in [6, 6.07) is 0. The number of nitrogens with zero attached hydrogens (tertiary/aromatic N) is 3. The van der Waals surface area contributed by atoms with Crippen molar-refractivity contribution in [3.63, 3.8) is 0 Å². The van der Waals surface area contributed by atoms with E-state index in [1.165, 1.54) is 0 Å². The van der Waals surface area contributed by atoms with E-state index in [2.05, 4.69) is 10.0 Å². The van der Waals surface area contributed by atoms with Gasteiger partial charge in [-0.3, -0.25) is 0 Å². The van der Waals surface area contributed by atoms with E-state index in [1.807, 2.05) is 0 Å². The molecule has 2 fully saturated rings. The van der Waals surface area contributed by atoms with E-state index in [0.717, 1.165) is 0 Å². The molecule has 144 valence electrons. The zero-order valence-electron chi connectivity index (χ0n) is 12.8. The van der Waals surface area contributed by atoms with Crippen LogP contribution in [0.4, 0.5) is 0 Å². The second kappa shape index (κ2) is 8.51. The lowest BCUT2D eigenvalue weighted by atomic mass is 10.0. The van der Waals surface area contributed by atoms with Crippen molar-refractivity contribution in [2.45, 2.75) is 54.1 Å². The molecule has 0 aromatic rings. The molecule has 9 atom stereocenters. The fraction of sp³-hybridized carbons (Fsp3) is 1.00. The van der Waals surface area contributed by atoms with Crippen LogP contribution in [0.2, 0.25) is 0 Å². The van der Waals surface area contributed by atoms with Crippen molar-refractivity contribution in [2.24, 2.45) is 5.11 Å². The molecule has 5 N–H and O–H groups in total. The van der Waals surface area contributed by atoms with Crippen LogP contribution in [0.15, 0.2) is 5.11 Å². The lowest BCUT2D eigenvalue weighted by molar-refractivity contribution is -0.358. The van der Waals surface area contributed by atoms with E-state index in [1.54, 1.807) is 0 Å². The Morgan fingerprint density at radius 2 is 1.84 bits per heavy atom. The monoisotopic (exact) mass is 403 g/mol. The van der Waals surface area contributed by atoms with Gasteiger partial charge in [0.2, 0.25) is 5.79 Å². The highest BCUT2D eigenvalue weighted by Gasteiger charge is 2.58. The molecule has 25 heavy (non-hydrogen) atoms. The van der Waals surface area contributed by atoms with Gasteiger partial charge in [0.1, 0.15) is 30.5 Å². The van der Waals surface area contributed by atoms with E-state index in [9.17, 15) is 25.5 Å². The van der Waals surface area contributed by atoms with Crippen molar-refractivity contribution in [2.75, 3.05) is 19.0 Å². The molecule has 0 spiro atoms. The van der Waals surface area contributed by atoms with Gasteiger partial charge >= 0.3 is 0 Å². The SMILES string of the molecule is [N-]=[N+]=NC[C@H]1O[C@@](CCl)(O[C@H]2O[C@H](CO)[C@H](Cl)[C@H](O)[C@H]2O)[C@@H](O)[C@@H]1O. The number of hydrogen-bond donors (Lipinski definition) is 5. The fourth-order valence-electron chi connectivity index (χ4n) is 2.70. The van der Waals surface area contributed by atoms with Crippen LogP contribution in [0, 0.1) is 0 Å². The number of hydrogen-bond acceptors (Lipinski definition) is 9. The molecule has 2 aliphatic rings. The highest BCUT2D eigenvalue weighted by atomic mass is 35.5. The molecule has 0 aliphatic carbocycles. The highest BCUT2D eigenvalue weighted by Crippen LogP contribution is 2.37. The fourth-order valence-corrected chi connectivity index (χ4v) is 3.27. The van der Waals surface area contributed by atoms with E-state index < -0.39 is 66.6 Å². The number of ether oxygens (including phenoxy) is 3. The van der Waals surface area contributed by atoms with Gasteiger partial charge < -0.3 is 39.7 Å². The van der Waals surface area contributed by atoms with Gasteiger partial charge in [0.25, 0.3) is 0 Å². The summed E-state index contributed by atoms with van der Waals surface area (Å²) in [7, 11) is 0. The van der Waals surface area contributed by atoms with Crippen LogP contribution in [-0.2, 0) is 14.2 Å². The average Bonchev–Trinajstić information content (AvgIpc) is 2.85. The third kappa shape index (κ3) is 3.97. The lowest BCUT2D eigenvalue weighted by Gasteiger charge is -2.43. The van der Waals surface area contributed by atoms with Crippen LogP contribution in [0.25, 0.3) is 10.4 Å². The molecule has 0 aromatic heterocycles. The van der Waals surface area contributed by atoms with Gasteiger partial charge in [-0.1, -0.05) is 5.11 Å². The summed E-state index contributed by atoms with van der Waals surface area (Å²) in [5.41, 5.74) is 8.36. The van der Waals surface area contributed by atoms with E-state index in [4.69, 9.17) is 42.9 Å². The van der Waals surface area contributed by atoms with Crippen molar-refractivity contribution in [1.29, 1.82) is 0 Å². The van der Waals surface area contributed by atoms with Crippen LogP contribution >= 0.6 is 23.2 Å². The van der Waals surface area contributed by atoms with Crippen molar-refractivity contribution < 1.29 is 39.7 Å². The van der Waals surface area contributed by atoms with Gasteiger partial charge in [0, 0.05) is 4.91 Å². The maximum atomic E-state index is 10.2. The van der Waals surface area contributed by atoms with Crippen LogP contribution in [0.5, 0.6) is 0 Å². The van der Waals surface area contributed by atoms with E-state index in [0.29, 0.717) is 0 Å². The number of alkyl halides is 2. The predicted octanol–water partition coefficient (Wildman–Crippen LogP) is -1.58. The molecule has 11 nitrogen and oxygen atoms in total. The third-order valence-electron chi connectivity index (χ3n) is 4.13. The number of rotatable bonds is 6. The molecular weight excluding hydrogens is 385 g/mol. The zero-order chi connectivity index (χ0) is 18.8. The van der Waals surface area contributed by atoms with Gasteiger partial charge in [-0.05, 0) is 5.53 Å². The molecule has 2 saturated heterocycles. The Hall–Kier alpha value is -0.430. The first kappa shape index (κ1) is 20.9. The topological polar surface area (TPSA) is 178 Å². The predicted molar refractivity (Wildman–Crippen MR) is 82.8 cm³/mol. The molecule has 2 heterocycles. The van der Waals surface area contributed by atoms with Gasteiger partial charge in [-0.15, -0.1) is 23.2 Å². The summed E-state index contributed by atoms with van der Waals surface area (Å²) in [6.07, 6.45) is -9.98. The minimum Gasteiger partial charge on any atom is -0.394 e. The minimum atomic E-state index is -2.00. The average molecular weight is 404 g/mol. The Bertz CT molecular complexity index is 511. The molecule has 2 rings (SSSR count). The van der Waals surface area contributed by atoms with Crippen molar-refractivity contribution in [3.8, 4) is 0 Å². The maximum Gasteiger partial charge on any atom is 0.214 e. The first-order valence-corrected chi connectivity index (χ1v) is 8.33. The van der Waals surface area contributed by atoms with Gasteiger partial charge in [-0.25, -0.2) is 0 Å². The van der Waals surface area contributed by atoms with Gasteiger partial charge in [0.05, 0.1) is 30.5 Å². The van der Waals surface area contributed by atoms with Gasteiger partial charge in [-0.2, -0.15) is 0 Å². The maximum absolute atomic E-state index is 10.2. The molecule has 0 amide bonds. The smallest absolute Gasteiger partial charge is 0.214 e. The molecule has 0 bridgehead atoms. The van der Waals surface area contributed by atoms with Crippen molar-refractivity contribution in [1.82, 2.24) is 0 Å². The standard InChI is InChI=1S/C12H19Cl2N3O8/c13-3-12(10(22)7(19)4(24-12)1-16-17-15)25-11-9(21)8(20)6(14)5(2-18)23-11/h4-11,18-22H,1-3H2/t4-,5-,6+,7-,8+,9-,10+,11-,12+/m1/s1. The highest BCUT2D eigenvalue weighted by molar-refractivity contribution is 6.21. The molecule has 13 heteroatoms. The Morgan fingerprint density at radius 3 is 2.40 bits per heavy atom. The first-order chi connectivity index (χ1) is 11.8. The Morgan fingerprint density at radius 1 is 1.16 bits per heavy atom. The molecule has 0 radical (unpaired) electrons. The first-order valence-electron chi connectivity index (χ1n) is 7.36. The summed E-state index contributed by atoms with van der Waals surface area (Å²) >= 11 is 11.7. The summed E-state index contributed by atoms with van der Waals surface area (Å²) in [6.45, 7) is -0.853. The molecule has 0 aromatic carbocycles. The van der Waals surface area contributed by atoms with Crippen LogP contribution < -0.4 is 0 Å². The Labute approximate surface area is 152 Å². The van der Waals surface area contributed by atoms with Crippen LogP contribution in [0.1, 0.15) is 0 Å². The number of halogens is 2. The zero-order valence-corrected chi connectivity index (χ0v) is 14.3. The molecule has 2 aliphatic heterocycles. The summed E-state index contributed by atoms with van der Waals surface area (Å²) in [5.74, 6) is -2.48. The third-order valence-corrected chi connectivity index (χ3v) is 5.04. The quantitative estimate of drug-likeness (QED) is 0.152. The summed E-state index contributed by atoms with van der Waals surface area (Å²) < 4.78 is 16.2. The number of azide groups is 1. The molecular formula is C12H19Cl2N3O8. The lowest BCUT2D eigenvalue weighted by Crippen LogP contribution is -2.61. The molecule has 0 saturated carbocycles. The van der Waals surface area contributed by atoms with Crippen LogP contribution in [0.3, 0.4) is 0 Å². The van der Waals surface area contributed by atoms with E-state index in [-0.39, 0.29) is 6.54 Å². The molecule has 0 unspecified atom stereocenters.